The van der Waals surface area contributed by atoms with Crippen LogP contribution in [0.2, 0.25) is 0 Å². The summed E-state index contributed by atoms with van der Waals surface area (Å²) in [5, 5.41) is 0. The van der Waals surface area contributed by atoms with Crippen molar-refractivity contribution >= 4 is 5.57 Å². The molecule has 0 N–H and O–H groups in total. The Kier molecular flexibility index (Phi) is 3.69. The fraction of sp³-hybridized carbons (Fsp3) is 0.190. The second-order valence-electron chi connectivity index (χ2n) is 6.03. The van der Waals surface area contributed by atoms with Crippen molar-refractivity contribution in [1.82, 2.24) is 4.98 Å². The zero-order valence-corrected chi connectivity index (χ0v) is 13.8. The van der Waals surface area contributed by atoms with E-state index in [1.807, 2.05) is 25.1 Å². The minimum atomic E-state index is 0.295. The molecule has 120 valence electrons. The summed E-state index contributed by atoms with van der Waals surface area (Å²) in [6.45, 7) is 1.90. The second kappa shape index (κ2) is 6.00. The Labute approximate surface area is 141 Å². The number of hydrogen-bond donors (Lipinski definition) is 0. The van der Waals surface area contributed by atoms with Gasteiger partial charge in [0, 0.05) is 24.8 Å². The van der Waals surface area contributed by atoms with Crippen LogP contribution >= 0.6 is 0 Å². The van der Waals surface area contributed by atoms with Crippen LogP contribution in [0.3, 0.4) is 0 Å². The smallest absolute Gasteiger partial charge is 0.191 e. The summed E-state index contributed by atoms with van der Waals surface area (Å²) in [5.74, 6) is 2.83. The molecule has 1 atom stereocenters. The monoisotopic (exact) mass is 317 g/mol. The van der Waals surface area contributed by atoms with Gasteiger partial charge in [0.15, 0.2) is 5.89 Å². The maximum atomic E-state index is 5.88. The van der Waals surface area contributed by atoms with E-state index < -0.39 is 0 Å². The Morgan fingerprint density at radius 2 is 1.79 bits per heavy atom. The van der Waals surface area contributed by atoms with Crippen LogP contribution in [0, 0.1) is 6.92 Å². The third-order valence-corrected chi connectivity index (χ3v) is 4.46. The van der Waals surface area contributed by atoms with Gasteiger partial charge in [-0.05, 0) is 23.3 Å². The molecule has 0 saturated heterocycles. The van der Waals surface area contributed by atoms with E-state index in [9.17, 15) is 0 Å². The number of aromatic nitrogens is 1. The van der Waals surface area contributed by atoms with Crippen LogP contribution in [0.1, 0.15) is 34.4 Å². The van der Waals surface area contributed by atoms with Crippen molar-refractivity contribution in [3.05, 3.63) is 89.1 Å². The van der Waals surface area contributed by atoms with Gasteiger partial charge in [-0.1, -0.05) is 48.5 Å². The maximum absolute atomic E-state index is 5.88. The molecular formula is C21H19NO2. The van der Waals surface area contributed by atoms with Gasteiger partial charge in [-0.15, -0.1) is 0 Å². The molecule has 2 aromatic carbocycles. The van der Waals surface area contributed by atoms with E-state index in [-0.39, 0.29) is 0 Å². The largest absolute Gasteiger partial charge is 0.497 e. The lowest BCUT2D eigenvalue weighted by atomic mass is 9.84. The number of ether oxygens (including phenoxy) is 1. The molecule has 0 spiro atoms. The number of benzene rings is 2. The van der Waals surface area contributed by atoms with E-state index in [0.29, 0.717) is 11.8 Å². The number of hydrogen-bond acceptors (Lipinski definition) is 3. The van der Waals surface area contributed by atoms with Crippen molar-refractivity contribution in [3.8, 4) is 5.75 Å². The van der Waals surface area contributed by atoms with E-state index in [1.165, 1.54) is 5.56 Å². The molecule has 1 aliphatic carbocycles. The van der Waals surface area contributed by atoms with Crippen LogP contribution in [-0.4, -0.2) is 12.1 Å². The first-order valence-electron chi connectivity index (χ1n) is 8.12. The number of methoxy groups -OCH3 is 1. The average Bonchev–Trinajstić information content (AvgIpc) is 3.02. The summed E-state index contributed by atoms with van der Waals surface area (Å²) >= 11 is 0. The van der Waals surface area contributed by atoms with Gasteiger partial charge >= 0.3 is 0 Å². The lowest BCUT2D eigenvalue weighted by Gasteiger charge is -2.20. The van der Waals surface area contributed by atoms with E-state index in [0.717, 1.165) is 34.8 Å². The Hall–Kier alpha value is -2.81. The van der Waals surface area contributed by atoms with Crippen LogP contribution in [0.15, 0.2) is 65.1 Å². The van der Waals surface area contributed by atoms with Crippen LogP contribution in [-0.2, 0) is 6.42 Å². The molecule has 4 rings (SSSR count). The van der Waals surface area contributed by atoms with Crippen LogP contribution in [0.4, 0.5) is 0 Å². The van der Waals surface area contributed by atoms with Gasteiger partial charge in [-0.2, -0.15) is 0 Å². The molecule has 0 amide bonds. The van der Waals surface area contributed by atoms with Gasteiger partial charge in [-0.25, -0.2) is 4.98 Å². The normalized spacial score (nSPS) is 16.4. The average molecular weight is 317 g/mol. The molecule has 3 nitrogen and oxygen atoms in total. The zero-order chi connectivity index (χ0) is 16.5. The van der Waals surface area contributed by atoms with E-state index >= 15 is 0 Å². The highest BCUT2D eigenvalue weighted by Crippen LogP contribution is 2.38. The number of allylic oxidation sites excluding steroid dienone is 1. The maximum Gasteiger partial charge on any atom is 0.191 e. The first kappa shape index (κ1) is 14.8. The molecule has 0 bridgehead atoms. The predicted octanol–water partition coefficient (Wildman–Crippen LogP) is 4.76. The molecule has 0 radical (unpaired) electrons. The Balaban J connectivity index is 1.81. The quantitative estimate of drug-likeness (QED) is 0.698. The standard InChI is InChI=1S/C21H19NO2/c1-14-22-21-19(16-8-10-18(23-2)11-9-16)12-17(13-20(21)24-14)15-6-4-3-5-7-15/h3-12,17H,13H2,1-2H3. The molecule has 24 heavy (non-hydrogen) atoms. The predicted molar refractivity (Wildman–Crippen MR) is 94.2 cm³/mol. The Morgan fingerprint density at radius 3 is 2.50 bits per heavy atom. The minimum absolute atomic E-state index is 0.295. The third-order valence-electron chi connectivity index (χ3n) is 4.46. The fourth-order valence-electron chi connectivity index (χ4n) is 3.27. The van der Waals surface area contributed by atoms with Gasteiger partial charge < -0.3 is 9.15 Å². The molecule has 3 aromatic rings. The molecule has 1 aromatic heterocycles. The van der Waals surface area contributed by atoms with Crippen molar-refractivity contribution < 1.29 is 9.15 Å². The van der Waals surface area contributed by atoms with E-state index in [1.54, 1.807) is 7.11 Å². The number of oxazole rings is 1. The topological polar surface area (TPSA) is 35.3 Å². The molecule has 1 unspecified atom stereocenters. The second-order valence-corrected chi connectivity index (χ2v) is 6.03. The summed E-state index contributed by atoms with van der Waals surface area (Å²) in [5.41, 5.74) is 4.52. The number of rotatable bonds is 3. The summed E-state index contributed by atoms with van der Waals surface area (Å²) in [6.07, 6.45) is 3.15. The highest BCUT2D eigenvalue weighted by Gasteiger charge is 2.26. The van der Waals surface area contributed by atoms with Crippen molar-refractivity contribution in [2.24, 2.45) is 0 Å². The number of aryl methyl sites for hydroxylation is 1. The van der Waals surface area contributed by atoms with E-state index in [2.05, 4.69) is 47.5 Å². The van der Waals surface area contributed by atoms with Crippen LogP contribution in [0.5, 0.6) is 5.75 Å². The van der Waals surface area contributed by atoms with Gasteiger partial charge in [0.05, 0.1) is 7.11 Å². The van der Waals surface area contributed by atoms with Crippen LogP contribution < -0.4 is 4.74 Å². The van der Waals surface area contributed by atoms with Gasteiger partial charge in [0.1, 0.15) is 17.2 Å². The van der Waals surface area contributed by atoms with E-state index in [4.69, 9.17) is 9.15 Å². The highest BCUT2D eigenvalue weighted by molar-refractivity contribution is 5.81. The number of fused-ring (bicyclic) bond motifs is 1. The molecule has 0 fully saturated rings. The fourth-order valence-corrected chi connectivity index (χ4v) is 3.27. The zero-order valence-electron chi connectivity index (χ0n) is 13.8. The highest BCUT2D eigenvalue weighted by atomic mass is 16.5. The minimum Gasteiger partial charge on any atom is -0.497 e. The van der Waals surface area contributed by atoms with Gasteiger partial charge in [0.25, 0.3) is 0 Å². The SMILES string of the molecule is COc1ccc(C2=CC(c3ccccc3)Cc3oc(C)nc32)cc1. The summed E-state index contributed by atoms with van der Waals surface area (Å²) in [7, 11) is 1.68. The lowest BCUT2D eigenvalue weighted by molar-refractivity contribution is 0.415. The molecular weight excluding hydrogens is 298 g/mol. The van der Waals surface area contributed by atoms with Crippen molar-refractivity contribution in [3.63, 3.8) is 0 Å². The lowest BCUT2D eigenvalue weighted by Crippen LogP contribution is -2.08. The first-order chi connectivity index (χ1) is 11.7. The summed E-state index contributed by atoms with van der Waals surface area (Å²) in [6, 6.07) is 18.7. The van der Waals surface area contributed by atoms with Crippen molar-refractivity contribution in [2.75, 3.05) is 7.11 Å². The Morgan fingerprint density at radius 1 is 1.04 bits per heavy atom. The van der Waals surface area contributed by atoms with Crippen molar-refractivity contribution in [2.45, 2.75) is 19.3 Å². The molecule has 1 heterocycles. The third kappa shape index (κ3) is 2.62. The molecule has 0 aliphatic heterocycles. The summed E-state index contributed by atoms with van der Waals surface area (Å²) < 4.78 is 11.1. The number of nitrogens with zero attached hydrogens (tertiary/aromatic N) is 1. The molecule has 1 aliphatic rings. The van der Waals surface area contributed by atoms with Gasteiger partial charge in [0.2, 0.25) is 0 Å². The van der Waals surface area contributed by atoms with Crippen molar-refractivity contribution in [1.29, 1.82) is 0 Å². The van der Waals surface area contributed by atoms with Gasteiger partial charge in [-0.3, -0.25) is 0 Å². The first-order valence-corrected chi connectivity index (χ1v) is 8.12. The summed E-state index contributed by atoms with van der Waals surface area (Å²) in [4.78, 5) is 4.61. The molecule has 0 saturated carbocycles. The van der Waals surface area contributed by atoms with Crippen LogP contribution in [0.25, 0.3) is 5.57 Å². The Bertz CT molecular complexity index is 876. The molecule has 3 heteroatoms.